The van der Waals surface area contributed by atoms with E-state index in [0.717, 1.165) is 14.9 Å². The van der Waals surface area contributed by atoms with Gasteiger partial charge < -0.3 is 5.73 Å². The lowest BCUT2D eigenvalue weighted by atomic mass is 9.75. The smallest absolute Gasteiger partial charge is 0.0324 e. The van der Waals surface area contributed by atoms with Gasteiger partial charge in [0.2, 0.25) is 0 Å². The van der Waals surface area contributed by atoms with E-state index in [2.05, 4.69) is 57.0 Å². The van der Waals surface area contributed by atoms with Gasteiger partial charge in [0.1, 0.15) is 0 Å². The van der Waals surface area contributed by atoms with Crippen LogP contribution in [-0.4, -0.2) is 0 Å². The quantitative estimate of drug-likeness (QED) is 0.750. The molecule has 0 spiro atoms. The number of hydrogen-bond donors (Lipinski definition) is 1. The van der Waals surface area contributed by atoms with Crippen molar-refractivity contribution in [3.63, 3.8) is 0 Å². The molecule has 0 heterocycles. The second-order valence-corrected chi connectivity index (χ2v) is 7.26. The minimum Gasteiger partial charge on any atom is -0.324 e. The van der Waals surface area contributed by atoms with Crippen LogP contribution in [0.5, 0.6) is 0 Å². The average molecular weight is 375 g/mol. The molecule has 3 unspecified atom stereocenters. The van der Waals surface area contributed by atoms with Crippen LogP contribution in [0.1, 0.15) is 50.6 Å². The van der Waals surface area contributed by atoms with Gasteiger partial charge in [-0.25, -0.2) is 0 Å². The molecular weight excluding hydrogens is 354 g/mol. The first-order valence-electron chi connectivity index (χ1n) is 6.81. The molecule has 1 aromatic rings. The third-order valence-electron chi connectivity index (χ3n) is 4.18. The van der Waals surface area contributed by atoms with Crippen LogP contribution in [0.25, 0.3) is 0 Å². The summed E-state index contributed by atoms with van der Waals surface area (Å²) in [6.45, 7) is 2.30. The minimum absolute atomic E-state index is 0.174. The van der Waals surface area contributed by atoms with Crippen molar-refractivity contribution in [1.29, 1.82) is 0 Å². The molecule has 1 aromatic carbocycles. The van der Waals surface area contributed by atoms with E-state index < -0.39 is 0 Å². The molecule has 1 aliphatic carbocycles. The molecule has 0 bridgehead atoms. The first kappa shape index (κ1) is 14.5. The van der Waals surface area contributed by atoms with E-state index in [1.807, 2.05) is 0 Å². The third kappa shape index (κ3) is 3.58. The van der Waals surface area contributed by atoms with Gasteiger partial charge in [-0.15, -0.1) is 0 Å². The first-order valence-corrected chi connectivity index (χ1v) is 8.40. The predicted molar refractivity (Wildman–Crippen MR) is 84.5 cm³/mol. The Hall–Kier alpha value is 0.140. The van der Waals surface area contributed by atoms with Crippen LogP contribution in [0.15, 0.2) is 27.1 Å². The van der Waals surface area contributed by atoms with Crippen LogP contribution in [0.2, 0.25) is 0 Å². The number of halogens is 2. The van der Waals surface area contributed by atoms with E-state index in [0.29, 0.717) is 5.92 Å². The summed E-state index contributed by atoms with van der Waals surface area (Å²) < 4.78 is 2.20. The van der Waals surface area contributed by atoms with Crippen LogP contribution in [-0.2, 0) is 0 Å². The van der Waals surface area contributed by atoms with Gasteiger partial charge in [-0.05, 0) is 48.4 Å². The lowest BCUT2D eigenvalue weighted by molar-refractivity contribution is 0.230. The fourth-order valence-corrected chi connectivity index (χ4v) is 4.40. The molecule has 3 heteroatoms. The normalized spacial score (nSPS) is 26.0. The highest BCUT2D eigenvalue weighted by molar-refractivity contribution is 9.11. The molecule has 100 valence electrons. The summed E-state index contributed by atoms with van der Waals surface area (Å²) in [4.78, 5) is 0. The topological polar surface area (TPSA) is 26.0 Å². The Bertz CT molecular complexity index is 385. The van der Waals surface area contributed by atoms with Crippen molar-refractivity contribution in [2.75, 3.05) is 0 Å². The molecule has 1 nitrogen and oxygen atoms in total. The molecule has 0 saturated heterocycles. The molecule has 1 saturated carbocycles. The lowest BCUT2D eigenvalue weighted by Gasteiger charge is -2.32. The van der Waals surface area contributed by atoms with Crippen molar-refractivity contribution < 1.29 is 0 Å². The van der Waals surface area contributed by atoms with E-state index in [1.54, 1.807) is 0 Å². The fraction of sp³-hybridized carbons (Fsp3) is 0.600. The van der Waals surface area contributed by atoms with Gasteiger partial charge >= 0.3 is 0 Å². The van der Waals surface area contributed by atoms with Crippen molar-refractivity contribution in [2.45, 2.75) is 45.1 Å². The molecule has 1 aliphatic rings. The van der Waals surface area contributed by atoms with E-state index in [1.165, 1.54) is 37.7 Å². The summed E-state index contributed by atoms with van der Waals surface area (Å²) in [5.41, 5.74) is 7.73. The van der Waals surface area contributed by atoms with Crippen molar-refractivity contribution in [2.24, 2.45) is 17.6 Å². The summed E-state index contributed by atoms with van der Waals surface area (Å²) in [7, 11) is 0. The van der Waals surface area contributed by atoms with Crippen LogP contribution >= 0.6 is 31.9 Å². The molecule has 2 N–H and O–H groups in total. The Kier molecular flexibility index (Phi) is 5.28. The Morgan fingerprint density at radius 3 is 2.50 bits per heavy atom. The Labute approximate surface area is 127 Å². The number of benzene rings is 1. The summed E-state index contributed by atoms with van der Waals surface area (Å²) >= 11 is 7.09. The van der Waals surface area contributed by atoms with Crippen LogP contribution in [0, 0.1) is 11.8 Å². The fourth-order valence-electron chi connectivity index (χ4n) is 3.07. The minimum atomic E-state index is 0.174. The number of hydrogen-bond acceptors (Lipinski definition) is 1. The molecule has 2 rings (SSSR count). The molecular formula is C15H21Br2N. The van der Waals surface area contributed by atoms with Gasteiger partial charge in [-0.3, -0.25) is 0 Å². The number of rotatable bonds is 3. The largest absolute Gasteiger partial charge is 0.324 e. The average Bonchev–Trinajstić information content (AvgIpc) is 2.37. The maximum Gasteiger partial charge on any atom is 0.0324 e. The summed E-state index contributed by atoms with van der Waals surface area (Å²) in [5, 5.41) is 0. The highest BCUT2D eigenvalue weighted by Crippen LogP contribution is 2.38. The van der Waals surface area contributed by atoms with Gasteiger partial charge in [-0.2, -0.15) is 0 Å². The summed E-state index contributed by atoms with van der Waals surface area (Å²) in [5.74, 6) is 1.52. The lowest BCUT2D eigenvalue weighted by Crippen LogP contribution is -2.26. The molecule has 1 fully saturated rings. The molecule has 3 atom stereocenters. The molecule has 0 aromatic heterocycles. The highest BCUT2D eigenvalue weighted by atomic mass is 79.9. The first-order chi connectivity index (χ1) is 8.60. The Morgan fingerprint density at radius 1 is 1.22 bits per heavy atom. The highest BCUT2D eigenvalue weighted by Gasteiger charge is 2.26. The van der Waals surface area contributed by atoms with Gasteiger partial charge in [0.15, 0.2) is 0 Å². The maximum absolute atomic E-state index is 6.48. The van der Waals surface area contributed by atoms with Crippen molar-refractivity contribution >= 4 is 31.9 Å². The van der Waals surface area contributed by atoms with E-state index in [4.69, 9.17) is 5.73 Å². The zero-order valence-electron chi connectivity index (χ0n) is 10.8. The van der Waals surface area contributed by atoms with E-state index in [-0.39, 0.29) is 6.04 Å². The van der Waals surface area contributed by atoms with Gasteiger partial charge in [0.25, 0.3) is 0 Å². The molecule has 0 aliphatic heterocycles. The van der Waals surface area contributed by atoms with E-state index >= 15 is 0 Å². The summed E-state index contributed by atoms with van der Waals surface area (Å²) in [6, 6.07) is 6.55. The van der Waals surface area contributed by atoms with Crippen LogP contribution in [0.4, 0.5) is 0 Å². The number of nitrogens with two attached hydrogens (primary N) is 1. The monoisotopic (exact) mass is 373 g/mol. The Balaban J connectivity index is 2.12. The molecule has 0 amide bonds. The van der Waals surface area contributed by atoms with Crippen molar-refractivity contribution in [3.05, 3.63) is 32.7 Å². The van der Waals surface area contributed by atoms with Crippen molar-refractivity contribution in [3.8, 4) is 0 Å². The molecule has 18 heavy (non-hydrogen) atoms. The van der Waals surface area contributed by atoms with E-state index in [9.17, 15) is 0 Å². The zero-order chi connectivity index (χ0) is 13.1. The second kappa shape index (κ2) is 6.53. The van der Waals surface area contributed by atoms with Gasteiger partial charge in [0.05, 0.1) is 0 Å². The summed E-state index contributed by atoms with van der Waals surface area (Å²) in [6.07, 6.45) is 6.60. The Morgan fingerprint density at radius 2 is 1.89 bits per heavy atom. The maximum atomic E-state index is 6.48. The van der Waals surface area contributed by atoms with Gasteiger partial charge in [0, 0.05) is 15.0 Å². The standard InChI is InChI=1S/C15H21Br2N/c1-2-10-4-3-5-11(6-10)15(18)12-7-13(16)9-14(17)8-12/h7-11,15H,2-6,18H2,1H3. The molecule has 0 radical (unpaired) electrons. The SMILES string of the molecule is CCC1CCCC(C(N)c2cc(Br)cc(Br)c2)C1. The predicted octanol–water partition coefficient (Wildman–Crippen LogP) is 5.43. The second-order valence-electron chi connectivity index (χ2n) is 5.43. The zero-order valence-corrected chi connectivity index (χ0v) is 14.0. The van der Waals surface area contributed by atoms with Crippen molar-refractivity contribution in [1.82, 2.24) is 0 Å². The van der Waals surface area contributed by atoms with Crippen LogP contribution in [0.3, 0.4) is 0 Å². The van der Waals surface area contributed by atoms with Crippen LogP contribution < -0.4 is 5.73 Å². The third-order valence-corrected chi connectivity index (χ3v) is 5.09. The van der Waals surface area contributed by atoms with Gasteiger partial charge in [-0.1, -0.05) is 58.0 Å².